The third-order valence-corrected chi connectivity index (χ3v) is 13.9. The first-order chi connectivity index (χ1) is 32.2. The fraction of sp³-hybridized carbons (Fsp3) is 0.736. The normalized spacial score (nSPS) is 22.1. The van der Waals surface area contributed by atoms with Crippen LogP contribution in [0, 0.1) is 40.9 Å². The number of hydrazine groups is 1. The second kappa shape index (κ2) is 32.9. The number of hydrogen-bond acceptors (Lipinski definition) is 12. The molecule has 10 atom stereocenters. The van der Waals surface area contributed by atoms with Gasteiger partial charge in [0, 0.05) is 58.5 Å². The van der Waals surface area contributed by atoms with Crippen LogP contribution in [0.25, 0.3) is 0 Å². The molecule has 15 heteroatoms. The number of carboxylic acids is 1. The summed E-state index contributed by atoms with van der Waals surface area (Å²) in [5.41, 5.74) is 2.18. The van der Waals surface area contributed by atoms with Gasteiger partial charge in [-0.25, -0.2) is 10.6 Å². The highest BCUT2D eigenvalue weighted by atomic mass is 16.5. The minimum Gasteiger partial charge on any atom is -0.480 e. The third-order valence-electron chi connectivity index (χ3n) is 13.9. The van der Waals surface area contributed by atoms with E-state index < -0.39 is 41.5 Å². The van der Waals surface area contributed by atoms with E-state index in [0.29, 0.717) is 56.8 Å². The van der Waals surface area contributed by atoms with Crippen molar-refractivity contribution in [2.45, 2.75) is 188 Å². The first-order valence-corrected chi connectivity index (χ1v) is 25.0. The summed E-state index contributed by atoms with van der Waals surface area (Å²) >= 11 is 0. The maximum Gasteiger partial charge on any atom is 0.326 e. The molecule has 0 spiro atoms. The molecule has 1 heterocycles. The molecule has 0 bridgehead atoms. The number of methoxy groups -OCH3 is 2. The van der Waals surface area contributed by atoms with Crippen molar-refractivity contribution in [1.29, 1.82) is 5.41 Å². The lowest BCUT2D eigenvalue weighted by atomic mass is 9.78. The lowest BCUT2D eigenvalue weighted by Gasteiger charge is -2.39. The SMILES string of the molecule is CO.COC(C/C(C)=C/[C@@H](C)C(=O)CC[C@H](C)CC1CCC(N(N)C=N)C(OC)C1)C(=O)C(C)C[C@H](C)/C=C/C/C=C/C=C(\C)CCCCCC(C)C(O)(O)C(=O)C(=O)N1CCCCC1C(=O)O. The average Bonchev–Trinajstić information content (AvgIpc) is 3.32. The number of nitrogens with two attached hydrogens (primary N) is 1. The Hall–Kier alpha value is -3.86. The summed E-state index contributed by atoms with van der Waals surface area (Å²) in [4.78, 5) is 64.7. The molecule has 2 aliphatic rings. The predicted molar refractivity (Wildman–Crippen MR) is 267 cm³/mol. The number of carbonyl (C=O) groups excluding carboxylic acids is 4. The standard InChI is InChI=1S/C52H86N4O10.CH4O/c1-35(20-15-12-16-22-41(7)52(63,64)49(59)50(60)55-28-18-17-23-44(55)51(61)62)19-13-10-11-14-21-36(2)29-40(6)48(58)47(66-9)32-38(4)30-39(5)45(57)27-24-37(3)31-42-25-26-43(56(54)34-53)46(33-42)65-8;1-2/h10,13-14,19,21,30,34,36-37,39-44,46-47,53,63-64H,11-12,15-18,20,22-29,31-33,54H2,1-9H3,(H,61,62);2H,1H3/b13-10+,21-14+,35-19+,38-30+,53-34?;/t36-,37+,39-,40?,41?,42?,43?,44?,46?,47?;/m1./s1. The molecule has 388 valence electrons. The molecule has 1 aliphatic heterocycles. The van der Waals surface area contributed by atoms with E-state index in [-0.39, 0.29) is 54.4 Å². The largest absolute Gasteiger partial charge is 0.480 e. The zero-order chi connectivity index (χ0) is 51.6. The Labute approximate surface area is 408 Å². The number of allylic oxidation sites excluding steroid dienone is 7. The highest BCUT2D eigenvalue weighted by Crippen LogP contribution is 2.34. The molecule has 68 heavy (non-hydrogen) atoms. The molecule has 2 rings (SSSR count). The van der Waals surface area contributed by atoms with Gasteiger partial charge in [0.25, 0.3) is 11.7 Å². The van der Waals surface area contributed by atoms with E-state index in [2.05, 4.69) is 45.1 Å². The summed E-state index contributed by atoms with van der Waals surface area (Å²) in [5.74, 6) is -0.544. The van der Waals surface area contributed by atoms with Crippen molar-refractivity contribution in [1.82, 2.24) is 9.91 Å². The minimum atomic E-state index is -2.86. The number of Topliss-reactive ketones (excluding diaryl/α,β-unsaturated/α-hetero) is 3. The molecule has 7 unspecified atom stereocenters. The van der Waals surface area contributed by atoms with Gasteiger partial charge in [-0.15, -0.1) is 0 Å². The molecule has 0 radical (unpaired) electrons. The molecule has 1 saturated heterocycles. The van der Waals surface area contributed by atoms with Gasteiger partial charge in [0.15, 0.2) is 5.78 Å². The number of ketones is 3. The van der Waals surface area contributed by atoms with Crippen LogP contribution in [0.15, 0.2) is 47.6 Å². The van der Waals surface area contributed by atoms with Crippen molar-refractivity contribution in [2.75, 3.05) is 27.9 Å². The van der Waals surface area contributed by atoms with Crippen LogP contribution in [-0.2, 0) is 33.4 Å². The van der Waals surface area contributed by atoms with E-state index in [1.54, 1.807) is 14.2 Å². The van der Waals surface area contributed by atoms with E-state index in [4.69, 9.17) is 25.8 Å². The number of carboxylic acid groups (broad SMARTS) is 1. The van der Waals surface area contributed by atoms with Crippen LogP contribution in [-0.4, -0.2) is 124 Å². The molecule has 0 aromatic heterocycles. The van der Waals surface area contributed by atoms with Crippen molar-refractivity contribution >= 4 is 35.6 Å². The van der Waals surface area contributed by atoms with Gasteiger partial charge >= 0.3 is 5.97 Å². The number of likely N-dealkylation sites (tertiary alicyclic amines) is 1. The van der Waals surface area contributed by atoms with Crippen molar-refractivity contribution in [3.8, 4) is 0 Å². The number of rotatable bonds is 31. The van der Waals surface area contributed by atoms with E-state index >= 15 is 0 Å². The second-order valence-electron chi connectivity index (χ2n) is 19.7. The van der Waals surface area contributed by atoms with Crippen LogP contribution >= 0.6 is 0 Å². The second-order valence-corrected chi connectivity index (χ2v) is 19.7. The molecule has 0 aromatic rings. The van der Waals surface area contributed by atoms with Gasteiger partial charge < -0.3 is 34.8 Å². The van der Waals surface area contributed by atoms with Crippen molar-refractivity contribution < 1.29 is 53.9 Å². The molecule has 1 amide bonds. The van der Waals surface area contributed by atoms with Crippen LogP contribution in [0.4, 0.5) is 0 Å². The number of amides is 1. The van der Waals surface area contributed by atoms with E-state index in [9.17, 15) is 39.3 Å². The lowest BCUT2D eigenvalue weighted by molar-refractivity contribution is -0.205. The lowest BCUT2D eigenvalue weighted by Crippen LogP contribution is -2.57. The molecule has 1 saturated carbocycles. The van der Waals surface area contributed by atoms with Crippen molar-refractivity contribution in [2.24, 2.45) is 41.4 Å². The molecular weight excluding hydrogens is 869 g/mol. The number of carbonyl (C=O) groups is 5. The van der Waals surface area contributed by atoms with Crippen molar-refractivity contribution in [3.63, 3.8) is 0 Å². The number of unbranched alkanes of at least 4 members (excludes halogenated alkanes) is 2. The van der Waals surface area contributed by atoms with Gasteiger partial charge in [-0.2, -0.15) is 0 Å². The Kier molecular flexibility index (Phi) is 30.0. The summed E-state index contributed by atoms with van der Waals surface area (Å²) in [6.07, 6.45) is 25.0. The number of nitrogens with one attached hydrogen (secondary N) is 1. The highest BCUT2D eigenvalue weighted by molar-refractivity contribution is 6.39. The highest BCUT2D eigenvalue weighted by Gasteiger charge is 2.47. The maximum atomic E-state index is 13.4. The van der Waals surface area contributed by atoms with Gasteiger partial charge in [-0.05, 0) is 115 Å². The zero-order valence-corrected chi connectivity index (χ0v) is 43.2. The summed E-state index contributed by atoms with van der Waals surface area (Å²) < 4.78 is 11.4. The monoisotopic (exact) mass is 959 g/mol. The Morgan fingerprint density at radius 1 is 0.912 bits per heavy atom. The van der Waals surface area contributed by atoms with Crippen LogP contribution in [0.1, 0.15) is 158 Å². The van der Waals surface area contributed by atoms with Crippen molar-refractivity contribution in [3.05, 3.63) is 47.6 Å². The van der Waals surface area contributed by atoms with E-state index in [1.807, 2.05) is 32.9 Å². The number of piperidine rings is 1. The quantitative estimate of drug-likeness (QED) is 0.00446. The average molecular weight is 959 g/mol. The fourth-order valence-electron chi connectivity index (χ4n) is 9.61. The molecule has 1 aliphatic carbocycles. The third kappa shape index (κ3) is 21.4. The molecule has 2 fully saturated rings. The first-order valence-electron chi connectivity index (χ1n) is 25.0. The van der Waals surface area contributed by atoms with Gasteiger partial charge in [-0.1, -0.05) is 95.1 Å². The fourth-order valence-corrected chi connectivity index (χ4v) is 9.61. The van der Waals surface area contributed by atoms with E-state index in [1.165, 1.54) is 17.5 Å². The molecule has 15 nitrogen and oxygen atoms in total. The number of aliphatic carboxylic acids is 1. The Morgan fingerprint density at radius 2 is 1.60 bits per heavy atom. The number of nitrogens with zero attached hydrogens (tertiary/aromatic N) is 2. The first kappa shape index (κ1) is 62.2. The minimum absolute atomic E-state index is 0.00293. The Balaban J connectivity index is 0.0000114. The van der Waals surface area contributed by atoms with Crippen LogP contribution in [0.3, 0.4) is 0 Å². The van der Waals surface area contributed by atoms with E-state index in [0.717, 1.165) is 81.7 Å². The topological polar surface area (TPSA) is 241 Å². The summed E-state index contributed by atoms with van der Waals surface area (Å²) in [6.45, 7) is 13.8. The van der Waals surface area contributed by atoms with Crippen LogP contribution < -0.4 is 5.84 Å². The number of ether oxygens (including phenoxy) is 2. The summed E-state index contributed by atoms with van der Waals surface area (Å²) in [7, 11) is 4.27. The number of hydrogen-bond donors (Lipinski definition) is 6. The zero-order valence-electron chi connectivity index (χ0n) is 43.2. The molecule has 7 N–H and O–H groups in total. The number of aliphatic hydroxyl groups is 3. The summed E-state index contributed by atoms with van der Waals surface area (Å²) in [6, 6.07) is -1.11. The number of aliphatic hydroxyl groups excluding tert-OH is 1. The Bertz CT molecular complexity index is 1690. The molecule has 0 aromatic carbocycles. The van der Waals surface area contributed by atoms with Gasteiger partial charge in [0.05, 0.1) is 18.5 Å². The van der Waals surface area contributed by atoms with Crippen LogP contribution in [0.5, 0.6) is 0 Å². The maximum absolute atomic E-state index is 13.4. The van der Waals surface area contributed by atoms with Gasteiger partial charge in [0.1, 0.15) is 17.9 Å². The van der Waals surface area contributed by atoms with Crippen LogP contribution in [0.2, 0.25) is 0 Å². The van der Waals surface area contributed by atoms with Gasteiger partial charge in [0.2, 0.25) is 5.79 Å². The summed E-state index contributed by atoms with van der Waals surface area (Å²) in [5, 5.41) is 46.6. The Morgan fingerprint density at radius 3 is 2.24 bits per heavy atom. The molecular formula is C53H90N4O11. The predicted octanol–water partition coefficient (Wildman–Crippen LogP) is 7.91. The van der Waals surface area contributed by atoms with Gasteiger partial charge in [-0.3, -0.25) is 29.6 Å². The smallest absolute Gasteiger partial charge is 0.326 e.